The van der Waals surface area contributed by atoms with Crippen LogP contribution >= 0.6 is 0 Å². The van der Waals surface area contributed by atoms with Crippen LogP contribution in [0.2, 0.25) is 0 Å². The molecule has 0 spiro atoms. The van der Waals surface area contributed by atoms with Crippen molar-refractivity contribution in [2.45, 2.75) is 44.3 Å². The predicted molar refractivity (Wildman–Crippen MR) is 93.9 cm³/mol. The lowest BCUT2D eigenvalue weighted by Crippen LogP contribution is -2.23. The maximum Gasteiger partial charge on any atom is 0.418 e. The molecule has 1 saturated carbocycles. The van der Waals surface area contributed by atoms with Gasteiger partial charge in [0.05, 0.1) is 16.2 Å². The zero-order valence-electron chi connectivity index (χ0n) is 14.3. The molecule has 1 heterocycles. The second-order valence-electron chi connectivity index (χ2n) is 6.32. The van der Waals surface area contributed by atoms with Crippen LogP contribution in [0.25, 0.3) is 0 Å². The van der Waals surface area contributed by atoms with E-state index < -0.39 is 22.4 Å². The topological polar surface area (TPSA) is 93.0 Å². The highest BCUT2D eigenvalue weighted by molar-refractivity contribution is 5.75. The first-order valence-electron chi connectivity index (χ1n) is 8.55. The first kappa shape index (κ1) is 18.9. The van der Waals surface area contributed by atoms with Gasteiger partial charge in [-0.3, -0.25) is 10.1 Å². The van der Waals surface area contributed by atoms with Crippen molar-refractivity contribution in [1.82, 2.24) is 9.97 Å². The Morgan fingerprint density at radius 3 is 2.41 bits per heavy atom. The molecule has 0 aliphatic heterocycles. The van der Waals surface area contributed by atoms with Crippen molar-refractivity contribution in [1.29, 1.82) is 0 Å². The number of rotatable bonds is 5. The van der Waals surface area contributed by atoms with Gasteiger partial charge in [0.2, 0.25) is 11.6 Å². The summed E-state index contributed by atoms with van der Waals surface area (Å²) in [4.78, 5) is 18.6. The largest absolute Gasteiger partial charge is 0.418 e. The van der Waals surface area contributed by atoms with Crippen molar-refractivity contribution in [2.75, 3.05) is 10.6 Å². The molecule has 1 aliphatic rings. The molecule has 27 heavy (non-hydrogen) atoms. The molecule has 1 fully saturated rings. The number of alkyl halides is 3. The third-order valence-corrected chi connectivity index (χ3v) is 4.44. The molecule has 2 aromatic rings. The highest BCUT2D eigenvalue weighted by Crippen LogP contribution is 2.38. The zero-order chi connectivity index (χ0) is 19.4. The summed E-state index contributed by atoms with van der Waals surface area (Å²) in [7, 11) is 0. The normalized spacial score (nSPS) is 15.4. The molecule has 0 radical (unpaired) electrons. The van der Waals surface area contributed by atoms with Gasteiger partial charge in [0.25, 0.3) is 0 Å². The lowest BCUT2D eigenvalue weighted by molar-refractivity contribution is -0.383. The molecular formula is C17H18F3N5O2. The molecule has 3 rings (SSSR count). The van der Waals surface area contributed by atoms with Gasteiger partial charge in [-0.1, -0.05) is 31.4 Å². The summed E-state index contributed by atoms with van der Waals surface area (Å²) < 4.78 is 39.5. The van der Waals surface area contributed by atoms with E-state index in [0.29, 0.717) is 0 Å². The molecule has 1 aromatic heterocycles. The first-order chi connectivity index (χ1) is 12.9. The van der Waals surface area contributed by atoms with Crippen LogP contribution in [-0.4, -0.2) is 20.9 Å². The van der Waals surface area contributed by atoms with E-state index in [1.165, 1.54) is 18.2 Å². The summed E-state index contributed by atoms with van der Waals surface area (Å²) >= 11 is 0. The second-order valence-corrected chi connectivity index (χ2v) is 6.32. The lowest BCUT2D eigenvalue weighted by atomic mass is 9.95. The predicted octanol–water partition coefficient (Wildman–Crippen LogP) is 4.89. The summed E-state index contributed by atoms with van der Waals surface area (Å²) in [5.74, 6) is -0.279. The number of benzene rings is 1. The minimum absolute atomic E-state index is 0.00823. The van der Waals surface area contributed by atoms with Gasteiger partial charge in [-0.25, -0.2) is 9.97 Å². The molecule has 0 unspecified atom stereocenters. The Kier molecular flexibility index (Phi) is 5.43. The van der Waals surface area contributed by atoms with Gasteiger partial charge < -0.3 is 10.6 Å². The Morgan fingerprint density at radius 1 is 1.07 bits per heavy atom. The first-order valence-corrected chi connectivity index (χ1v) is 8.55. The van der Waals surface area contributed by atoms with E-state index in [2.05, 4.69) is 20.6 Å². The quantitative estimate of drug-likeness (QED) is 0.566. The van der Waals surface area contributed by atoms with E-state index in [1.54, 1.807) is 0 Å². The summed E-state index contributed by atoms with van der Waals surface area (Å²) in [6.07, 6.45) is 1.36. The average molecular weight is 381 g/mol. The van der Waals surface area contributed by atoms with Crippen molar-refractivity contribution in [3.05, 3.63) is 46.3 Å². The number of hydrogen-bond donors (Lipinski definition) is 2. The van der Waals surface area contributed by atoms with Crippen LogP contribution in [0.5, 0.6) is 0 Å². The van der Waals surface area contributed by atoms with Crippen molar-refractivity contribution in [2.24, 2.45) is 0 Å². The number of hydrogen-bond acceptors (Lipinski definition) is 6. The van der Waals surface area contributed by atoms with Crippen LogP contribution in [0.3, 0.4) is 0 Å². The van der Waals surface area contributed by atoms with E-state index in [4.69, 9.17) is 0 Å². The van der Waals surface area contributed by atoms with Crippen molar-refractivity contribution in [3.8, 4) is 0 Å². The SMILES string of the molecule is O=[N+]([O-])c1c(Nc2ccccc2C(F)(F)F)ncnc1NC1CCCCC1. The molecule has 7 nitrogen and oxygen atoms in total. The molecule has 1 aliphatic carbocycles. The maximum absolute atomic E-state index is 13.2. The minimum atomic E-state index is -4.60. The number of anilines is 3. The number of aromatic nitrogens is 2. The number of halogens is 3. The third-order valence-electron chi connectivity index (χ3n) is 4.44. The lowest BCUT2D eigenvalue weighted by Gasteiger charge is -2.23. The van der Waals surface area contributed by atoms with Crippen molar-refractivity contribution in [3.63, 3.8) is 0 Å². The van der Waals surface area contributed by atoms with Gasteiger partial charge in [0.1, 0.15) is 6.33 Å². The maximum atomic E-state index is 13.2. The van der Waals surface area contributed by atoms with Crippen molar-refractivity contribution < 1.29 is 18.1 Å². The Balaban J connectivity index is 1.94. The van der Waals surface area contributed by atoms with E-state index >= 15 is 0 Å². The van der Waals surface area contributed by atoms with Crippen LogP contribution in [0.1, 0.15) is 37.7 Å². The van der Waals surface area contributed by atoms with Gasteiger partial charge in [-0.05, 0) is 25.0 Å². The second kappa shape index (κ2) is 7.77. The Morgan fingerprint density at radius 2 is 1.74 bits per heavy atom. The number of para-hydroxylation sites is 1. The zero-order valence-corrected chi connectivity index (χ0v) is 14.3. The Labute approximate surface area is 153 Å². The fourth-order valence-corrected chi connectivity index (χ4v) is 3.16. The molecule has 0 atom stereocenters. The van der Waals surface area contributed by atoms with E-state index in [0.717, 1.165) is 44.5 Å². The van der Waals surface area contributed by atoms with Gasteiger partial charge in [-0.2, -0.15) is 13.2 Å². The highest BCUT2D eigenvalue weighted by Gasteiger charge is 2.34. The Bertz CT molecular complexity index is 822. The van der Waals surface area contributed by atoms with Crippen molar-refractivity contribution >= 4 is 23.0 Å². The highest BCUT2D eigenvalue weighted by atomic mass is 19.4. The monoisotopic (exact) mass is 381 g/mol. The van der Waals surface area contributed by atoms with Crippen LogP contribution in [0.4, 0.5) is 36.2 Å². The fourth-order valence-electron chi connectivity index (χ4n) is 3.16. The van der Waals surface area contributed by atoms with Crippen LogP contribution in [0, 0.1) is 10.1 Å². The molecule has 2 N–H and O–H groups in total. The van der Waals surface area contributed by atoms with Gasteiger partial charge in [-0.15, -0.1) is 0 Å². The Hall–Kier alpha value is -2.91. The van der Waals surface area contributed by atoms with E-state index in [1.807, 2.05) is 0 Å². The van der Waals surface area contributed by atoms with Crippen LogP contribution < -0.4 is 10.6 Å². The molecule has 0 bridgehead atoms. The molecular weight excluding hydrogens is 363 g/mol. The summed E-state index contributed by atoms with van der Waals surface area (Å²) in [5.41, 5.74) is -1.71. The molecule has 1 aromatic carbocycles. The molecule has 0 amide bonds. The van der Waals surface area contributed by atoms with Gasteiger partial charge >= 0.3 is 11.9 Å². The molecule has 10 heteroatoms. The minimum Gasteiger partial charge on any atom is -0.361 e. The van der Waals surface area contributed by atoms with Gasteiger partial charge in [0, 0.05) is 6.04 Å². The third kappa shape index (κ3) is 4.44. The molecule has 0 saturated heterocycles. The van der Waals surface area contributed by atoms with Crippen LogP contribution in [0.15, 0.2) is 30.6 Å². The smallest absolute Gasteiger partial charge is 0.361 e. The standard InChI is InChI=1S/C17H18F3N5O2/c18-17(19,20)12-8-4-5-9-13(12)24-16-14(25(26)27)15(21-10-22-16)23-11-6-2-1-3-7-11/h4-5,8-11H,1-3,6-7H2,(H2,21,22,23,24). The number of nitrogens with one attached hydrogen (secondary N) is 2. The number of nitro groups is 1. The average Bonchev–Trinajstić information content (AvgIpc) is 2.62. The number of nitrogens with zero attached hydrogens (tertiary/aromatic N) is 3. The fraction of sp³-hybridized carbons (Fsp3) is 0.412. The van der Waals surface area contributed by atoms with Crippen LogP contribution in [-0.2, 0) is 6.18 Å². The summed E-state index contributed by atoms with van der Waals surface area (Å²) in [5, 5.41) is 17.1. The van der Waals surface area contributed by atoms with Gasteiger partial charge in [0.15, 0.2) is 0 Å². The molecule has 144 valence electrons. The summed E-state index contributed by atoms with van der Waals surface area (Å²) in [6, 6.07) is 4.80. The summed E-state index contributed by atoms with van der Waals surface area (Å²) in [6.45, 7) is 0. The van der Waals surface area contributed by atoms with E-state index in [9.17, 15) is 23.3 Å². The van der Waals surface area contributed by atoms with E-state index in [-0.39, 0.29) is 23.4 Å².